The van der Waals surface area contributed by atoms with Gasteiger partial charge in [-0.25, -0.2) is 4.98 Å². The minimum absolute atomic E-state index is 0.0344. The molecule has 106 valence electrons. The van der Waals surface area contributed by atoms with Gasteiger partial charge in [0.1, 0.15) is 5.82 Å². The van der Waals surface area contributed by atoms with E-state index >= 15 is 0 Å². The first-order valence-corrected chi connectivity index (χ1v) is 7.15. The summed E-state index contributed by atoms with van der Waals surface area (Å²) in [5, 5.41) is 2.81. The van der Waals surface area contributed by atoms with Crippen molar-refractivity contribution in [2.75, 3.05) is 11.1 Å². The highest BCUT2D eigenvalue weighted by molar-refractivity contribution is 5.89. The zero-order valence-corrected chi connectivity index (χ0v) is 12.0. The number of nitrogen functional groups attached to an aromatic ring is 1. The van der Waals surface area contributed by atoms with E-state index in [0.29, 0.717) is 17.9 Å². The highest BCUT2D eigenvalue weighted by Crippen LogP contribution is 2.14. The Kier molecular flexibility index (Phi) is 6.93. The van der Waals surface area contributed by atoms with Gasteiger partial charge in [0.2, 0.25) is 5.91 Å². The Hall–Kier alpha value is -1.58. The minimum atomic E-state index is 0.0344. The molecule has 0 saturated heterocycles. The number of carbonyl (C=O) groups excluding carboxylic acids is 1. The monoisotopic (exact) mass is 263 g/mol. The molecule has 0 aromatic carbocycles. The van der Waals surface area contributed by atoms with Crippen LogP contribution in [0.2, 0.25) is 0 Å². The summed E-state index contributed by atoms with van der Waals surface area (Å²) in [4.78, 5) is 15.8. The standard InChI is InChI=1S/C15H25N3O/c1-3-4-5-6-7-8-9-15(19)18-14-10-12(2)13(16)11-17-14/h10-11H,3-9,16H2,1-2H3,(H,17,18,19). The van der Waals surface area contributed by atoms with E-state index in [9.17, 15) is 4.79 Å². The molecule has 19 heavy (non-hydrogen) atoms. The van der Waals surface area contributed by atoms with Gasteiger partial charge in [0.25, 0.3) is 0 Å². The lowest BCUT2D eigenvalue weighted by Gasteiger charge is -2.06. The SMILES string of the molecule is CCCCCCCCC(=O)Nc1cc(C)c(N)cn1. The van der Waals surface area contributed by atoms with Gasteiger partial charge >= 0.3 is 0 Å². The third-order valence-corrected chi connectivity index (χ3v) is 3.18. The zero-order chi connectivity index (χ0) is 14.1. The Bertz CT molecular complexity index is 404. The van der Waals surface area contributed by atoms with Gasteiger partial charge in [-0.15, -0.1) is 0 Å². The summed E-state index contributed by atoms with van der Waals surface area (Å²) in [7, 11) is 0. The molecule has 0 aliphatic rings. The Balaban J connectivity index is 2.21. The smallest absolute Gasteiger partial charge is 0.225 e. The van der Waals surface area contributed by atoms with Crippen LogP contribution in [0.4, 0.5) is 11.5 Å². The van der Waals surface area contributed by atoms with Crippen molar-refractivity contribution in [3.63, 3.8) is 0 Å². The summed E-state index contributed by atoms with van der Waals surface area (Å²) in [6, 6.07) is 1.80. The maximum absolute atomic E-state index is 11.7. The van der Waals surface area contributed by atoms with Crippen LogP contribution < -0.4 is 11.1 Å². The van der Waals surface area contributed by atoms with Crippen LogP contribution in [0.3, 0.4) is 0 Å². The van der Waals surface area contributed by atoms with E-state index in [2.05, 4.69) is 17.2 Å². The molecule has 1 amide bonds. The second kappa shape index (κ2) is 8.51. The first-order chi connectivity index (χ1) is 9.13. The number of hydrogen-bond donors (Lipinski definition) is 2. The quantitative estimate of drug-likeness (QED) is 0.703. The summed E-state index contributed by atoms with van der Waals surface area (Å²) in [6.07, 6.45) is 9.26. The lowest BCUT2D eigenvalue weighted by molar-refractivity contribution is -0.116. The van der Waals surface area contributed by atoms with Crippen LogP contribution in [0.15, 0.2) is 12.3 Å². The average molecular weight is 263 g/mol. The second-order valence-electron chi connectivity index (χ2n) is 4.99. The fraction of sp³-hybridized carbons (Fsp3) is 0.600. The normalized spacial score (nSPS) is 10.4. The number of pyridine rings is 1. The molecule has 1 heterocycles. The highest BCUT2D eigenvalue weighted by atomic mass is 16.1. The molecule has 1 rings (SSSR count). The fourth-order valence-electron chi connectivity index (χ4n) is 1.91. The summed E-state index contributed by atoms with van der Waals surface area (Å²) >= 11 is 0. The number of nitrogens with two attached hydrogens (primary N) is 1. The molecule has 0 atom stereocenters. The fourth-order valence-corrected chi connectivity index (χ4v) is 1.91. The van der Waals surface area contributed by atoms with Crippen LogP contribution in [0.25, 0.3) is 0 Å². The van der Waals surface area contributed by atoms with Crippen molar-refractivity contribution in [3.8, 4) is 0 Å². The van der Waals surface area contributed by atoms with E-state index in [1.54, 1.807) is 12.3 Å². The van der Waals surface area contributed by atoms with E-state index in [0.717, 1.165) is 18.4 Å². The molecule has 0 unspecified atom stereocenters. The van der Waals surface area contributed by atoms with Gasteiger partial charge in [0.15, 0.2) is 0 Å². The van der Waals surface area contributed by atoms with E-state index < -0.39 is 0 Å². The van der Waals surface area contributed by atoms with Crippen molar-refractivity contribution in [1.82, 2.24) is 4.98 Å². The van der Waals surface area contributed by atoms with Gasteiger partial charge in [0, 0.05) is 6.42 Å². The molecule has 0 radical (unpaired) electrons. The summed E-state index contributed by atoms with van der Waals surface area (Å²) in [6.45, 7) is 4.11. The van der Waals surface area contributed by atoms with E-state index in [1.807, 2.05) is 6.92 Å². The lowest BCUT2D eigenvalue weighted by atomic mass is 10.1. The predicted octanol–water partition coefficient (Wildman–Crippen LogP) is 3.66. The van der Waals surface area contributed by atoms with Gasteiger partial charge in [0.05, 0.1) is 11.9 Å². The number of amides is 1. The Morgan fingerprint density at radius 1 is 1.26 bits per heavy atom. The van der Waals surface area contributed by atoms with Crippen molar-refractivity contribution in [2.24, 2.45) is 0 Å². The summed E-state index contributed by atoms with van der Waals surface area (Å²) in [5.41, 5.74) is 7.26. The molecule has 0 saturated carbocycles. The van der Waals surface area contributed by atoms with Crippen molar-refractivity contribution >= 4 is 17.4 Å². The van der Waals surface area contributed by atoms with E-state index in [1.165, 1.54) is 25.7 Å². The first kappa shape index (κ1) is 15.5. The number of hydrogen-bond acceptors (Lipinski definition) is 3. The van der Waals surface area contributed by atoms with E-state index in [-0.39, 0.29) is 5.91 Å². The van der Waals surface area contributed by atoms with Crippen molar-refractivity contribution in [2.45, 2.75) is 58.8 Å². The number of nitrogens with zero attached hydrogens (tertiary/aromatic N) is 1. The maximum Gasteiger partial charge on any atom is 0.225 e. The molecule has 0 fully saturated rings. The molecule has 1 aromatic rings. The molecule has 4 nitrogen and oxygen atoms in total. The molecule has 0 bridgehead atoms. The summed E-state index contributed by atoms with van der Waals surface area (Å²) < 4.78 is 0. The summed E-state index contributed by atoms with van der Waals surface area (Å²) in [5.74, 6) is 0.620. The number of nitrogens with one attached hydrogen (secondary N) is 1. The Morgan fingerprint density at radius 3 is 2.63 bits per heavy atom. The molecule has 0 aliphatic carbocycles. The number of aromatic nitrogens is 1. The number of aryl methyl sites for hydroxylation is 1. The average Bonchev–Trinajstić information content (AvgIpc) is 2.38. The molecule has 1 aromatic heterocycles. The minimum Gasteiger partial charge on any atom is -0.397 e. The highest BCUT2D eigenvalue weighted by Gasteiger charge is 2.04. The zero-order valence-electron chi connectivity index (χ0n) is 12.0. The first-order valence-electron chi connectivity index (χ1n) is 7.15. The topological polar surface area (TPSA) is 68.0 Å². The largest absolute Gasteiger partial charge is 0.397 e. The van der Waals surface area contributed by atoms with Gasteiger partial charge in [-0.3, -0.25) is 4.79 Å². The molecular weight excluding hydrogens is 238 g/mol. The number of carbonyl (C=O) groups is 1. The maximum atomic E-state index is 11.7. The molecule has 0 aliphatic heterocycles. The van der Waals surface area contributed by atoms with Crippen molar-refractivity contribution in [3.05, 3.63) is 17.8 Å². The molecular formula is C15H25N3O. The van der Waals surface area contributed by atoms with Gasteiger partial charge in [-0.1, -0.05) is 39.0 Å². The van der Waals surface area contributed by atoms with Crippen LogP contribution in [-0.2, 0) is 4.79 Å². The van der Waals surface area contributed by atoms with Crippen LogP contribution >= 0.6 is 0 Å². The second-order valence-corrected chi connectivity index (χ2v) is 4.99. The third-order valence-electron chi connectivity index (χ3n) is 3.18. The number of rotatable bonds is 8. The van der Waals surface area contributed by atoms with Crippen LogP contribution in [0.1, 0.15) is 57.4 Å². The van der Waals surface area contributed by atoms with Crippen LogP contribution in [0.5, 0.6) is 0 Å². The number of unbranched alkanes of at least 4 members (excludes halogenated alkanes) is 5. The van der Waals surface area contributed by atoms with Gasteiger partial charge in [-0.05, 0) is 25.0 Å². The molecule has 3 N–H and O–H groups in total. The number of anilines is 2. The Morgan fingerprint density at radius 2 is 1.95 bits per heavy atom. The lowest BCUT2D eigenvalue weighted by Crippen LogP contribution is -2.12. The van der Waals surface area contributed by atoms with E-state index in [4.69, 9.17) is 5.73 Å². The van der Waals surface area contributed by atoms with Crippen LogP contribution in [-0.4, -0.2) is 10.9 Å². The van der Waals surface area contributed by atoms with Crippen LogP contribution in [0, 0.1) is 6.92 Å². The third kappa shape index (κ3) is 6.22. The van der Waals surface area contributed by atoms with Crippen molar-refractivity contribution < 1.29 is 4.79 Å². The predicted molar refractivity (Wildman–Crippen MR) is 80.0 cm³/mol. The Labute approximate surface area is 115 Å². The van der Waals surface area contributed by atoms with Gasteiger partial charge < -0.3 is 11.1 Å². The van der Waals surface area contributed by atoms with Crippen molar-refractivity contribution in [1.29, 1.82) is 0 Å². The van der Waals surface area contributed by atoms with Gasteiger partial charge in [-0.2, -0.15) is 0 Å². The molecule has 0 spiro atoms. The molecule has 4 heteroatoms.